The van der Waals surface area contributed by atoms with Gasteiger partial charge in [-0.15, -0.1) is 0 Å². The van der Waals surface area contributed by atoms with Crippen molar-refractivity contribution in [1.29, 1.82) is 0 Å². The quantitative estimate of drug-likeness (QED) is 0.470. The zero-order valence-electron chi connectivity index (χ0n) is 8.34. The topological polar surface area (TPSA) is 72.9 Å². The summed E-state index contributed by atoms with van der Waals surface area (Å²) in [6, 6.07) is -0.398. The Kier molecular flexibility index (Phi) is 3.28. The smallest absolute Gasteiger partial charge is 0.258 e. The first-order chi connectivity index (χ1) is 6.49. The first-order valence-corrected chi connectivity index (χ1v) is 5.00. The summed E-state index contributed by atoms with van der Waals surface area (Å²) < 4.78 is 2.57. The van der Waals surface area contributed by atoms with Gasteiger partial charge >= 0.3 is 0 Å². The number of hydrazine groups is 1. The maximum absolute atomic E-state index is 11.3. The number of nitrogens with two attached hydrogens (primary N) is 1. The number of hydrogen-bond donors (Lipinski definition) is 2. The van der Waals surface area contributed by atoms with Crippen LogP contribution in [0.5, 0.6) is 0 Å². The van der Waals surface area contributed by atoms with Crippen LogP contribution in [0.2, 0.25) is 0 Å². The van der Waals surface area contributed by atoms with Gasteiger partial charge in [-0.05, 0) is 36.7 Å². The van der Waals surface area contributed by atoms with Crippen molar-refractivity contribution in [3.8, 4) is 0 Å². The van der Waals surface area contributed by atoms with Gasteiger partial charge in [0.2, 0.25) is 0 Å². The van der Waals surface area contributed by atoms with Crippen LogP contribution in [0, 0.1) is 13.8 Å². The van der Waals surface area contributed by atoms with E-state index in [-0.39, 0.29) is 5.91 Å². The second-order valence-electron chi connectivity index (χ2n) is 3.11. The van der Waals surface area contributed by atoms with Crippen LogP contribution in [-0.2, 0) is 4.79 Å². The van der Waals surface area contributed by atoms with Gasteiger partial charge in [0, 0.05) is 0 Å². The van der Waals surface area contributed by atoms with E-state index in [0.717, 1.165) is 15.9 Å². The fourth-order valence-electron chi connectivity index (χ4n) is 1.25. The molecule has 0 aliphatic rings. The van der Waals surface area contributed by atoms with Gasteiger partial charge in [-0.3, -0.25) is 14.9 Å². The molecule has 5 nitrogen and oxygen atoms in total. The summed E-state index contributed by atoms with van der Waals surface area (Å²) in [6.07, 6.45) is 0. The molecule has 1 aromatic rings. The Hall–Kier alpha value is -0.880. The molecule has 1 atom stereocenters. The van der Waals surface area contributed by atoms with Gasteiger partial charge in [0.1, 0.15) is 6.04 Å². The predicted octanol–water partition coefficient (Wildman–Crippen LogP) is 0.813. The Labute approximate surface area is 90.8 Å². The van der Waals surface area contributed by atoms with Gasteiger partial charge in [0.15, 0.2) is 0 Å². The largest absolute Gasteiger partial charge is 0.292 e. The van der Waals surface area contributed by atoms with E-state index in [1.807, 2.05) is 13.8 Å². The van der Waals surface area contributed by atoms with E-state index >= 15 is 0 Å². The third-order valence-electron chi connectivity index (χ3n) is 2.13. The number of carbonyl (C=O) groups excluding carboxylic acids is 1. The third kappa shape index (κ3) is 1.80. The van der Waals surface area contributed by atoms with Crippen LogP contribution in [-0.4, -0.2) is 15.7 Å². The molecular weight excluding hydrogens is 248 g/mol. The number of aryl methyl sites for hydroxylation is 1. The molecule has 0 saturated carbocycles. The number of aromatic nitrogens is 2. The summed E-state index contributed by atoms with van der Waals surface area (Å²) in [5, 5.41) is 4.23. The molecule has 0 aliphatic heterocycles. The van der Waals surface area contributed by atoms with Crippen molar-refractivity contribution < 1.29 is 4.79 Å². The van der Waals surface area contributed by atoms with E-state index in [0.29, 0.717) is 0 Å². The molecule has 0 bridgehead atoms. The van der Waals surface area contributed by atoms with Gasteiger partial charge in [-0.1, -0.05) is 0 Å². The van der Waals surface area contributed by atoms with Crippen LogP contribution in [0.1, 0.15) is 24.4 Å². The highest BCUT2D eigenvalue weighted by molar-refractivity contribution is 9.10. The normalized spacial score (nSPS) is 12.6. The summed E-state index contributed by atoms with van der Waals surface area (Å²) >= 11 is 3.39. The van der Waals surface area contributed by atoms with Gasteiger partial charge in [0.05, 0.1) is 15.9 Å². The molecular formula is C8H13BrN4O. The van der Waals surface area contributed by atoms with Crippen molar-refractivity contribution in [2.75, 3.05) is 0 Å². The molecule has 1 aromatic heterocycles. The minimum absolute atomic E-state index is 0.261. The van der Waals surface area contributed by atoms with Crippen molar-refractivity contribution in [3.05, 3.63) is 15.9 Å². The van der Waals surface area contributed by atoms with E-state index in [1.165, 1.54) is 0 Å². The fraction of sp³-hybridized carbons (Fsp3) is 0.500. The minimum atomic E-state index is -0.398. The van der Waals surface area contributed by atoms with Gasteiger partial charge in [0.25, 0.3) is 5.91 Å². The van der Waals surface area contributed by atoms with Gasteiger partial charge in [-0.2, -0.15) is 5.10 Å². The Morgan fingerprint density at radius 2 is 2.21 bits per heavy atom. The Bertz CT molecular complexity index is 360. The molecule has 0 fully saturated rings. The third-order valence-corrected chi connectivity index (χ3v) is 3.27. The fourth-order valence-corrected chi connectivity index (χ4v) is 1.51. The van der Waals surface area contributed by atoms with Crippen LogP contribution >= 0.6 is 15.9 Å². The average molecular weight is 261 g/mol. The van der Waals surface area contributed by atoms with Crippen LogP contribution < -0.4 is 11.3 Å². The lowest BCUT2D eigenvalue weighted by molar-refractivity contribution is -0.124. The van der Waals surface area contributed by atoms with E-state index < -0.39 is 6.04 Å². The lowest BCUT2D eigenvalue weighted by atomic mass is 10.3. The highest BCUT2D eigenvalue weighted by Crippen LogP contribution is 2.22. The Morgan fingerprint density at radius 3 is 2.57 bits per heavy atom. The van der Waals surface area contributed by atoms with E-state index in [1.54, 1.807) is 11.6 Å². The first-order valence-electron chi connectivity index (χ1n) is 4.20. The molecule has 14 heavy (non-hydrogen) atoms. The van der Waals surface area contributed by atoms with E-state index in [2.05, 4.69) is 26.5 Å². The molecule has 6 heteroatoms. The molecule has 1 unspecified atom stereocenters. The lowest BCUT2D eigenvalue weighted by Gasteiger charge is -2.11. The van der Waals surface area contributed by atoms with Crippen molar-refractivity contribution in [3.63, 3.8) is 0 Å². The SMILES string of the molecule is Cc1nn(C(C)C(=O)NN)c(C)c1Br. The molecule has 78 valence electrons. The number of halogens is 1. The lowest BCUT2D eigenvalue weighted by Crippen LogP contribution is -2.36. The molecule has 0 saturated heterocycles. The highest BCUT2D eigenvalue weighted by Gasteiger charge is 2.19. The molecule has 1 rings (SSSR count). The van der Waals surface area contributed by atoms with Crippen molar-refractivity contribution >= 4 is 21.8 Å². The summed E-state index contributed by atoms with van der Waals surface area (Å²) in [6.45, 7) is 5.51. The summed E-state index contributed by atoms with van der Waals surface area (Å²) in [4.78, 5) is 11.3. The number of carbonyl (C=O) groups is 1. The number of hydrogen-bond acceptors (Lipinski definition) is 3. The van der Waals surface area contributed by atoms with Crippen LogP contribution in [0.25, 0.3) is 0 Å². The van der Waals surface area contributed by atoms with Crippen molar-refractivity contribution in [2.24, 2.45) is 5.84 Å². The molecule has 0 radical (unpaired) electrons. The standard InChI is InChI=1S/C8H13BrN4O/c1-4-7(9)5(2)13(12-4)6(3)8(14)11-10/h6H,10H2,1-3H3,(H,11,14). The van der Waals surface area contributed by atoms with Crippen molar-refractivity contribution in [1.82, 2.24) is 15.2 Å². The molecule has 3 N–H and O–H groups in total. The van der Waals surface area contributed by atoms with E-state index in [4.69, 9.17) is 5.84 Å². The monoisotopic (exact) mass is 260 g/mol. The maximum Gasteiger partial charge on any atom is 0.258 e. The Balaban J connectivity index is 3.07. The zero-order chi connectivity index (χ0) is 10.9. The first kappa shape index (κ1) is 11.2. The predicted molar refractivity (Wildman–Crippen MR) is 56.4 cm³/mol. The van der Waals surface area contributed by atoms with Crippen LogP contribution in [0.4, 0.5) is 0 Å². The molecule has 0 aromatic carbocycles. The Morgan fingerprint density at radius 1 is 1.64 bits per heavy atom. The van der Waals surface area contributed by atoms with Gasteiger partial charge in [-0.25, -0.2) is 5.84 Å². The van der Waals surface area contributed by atoms with Crippen LogP contribution in [0.15, 0.2) is 4.47 Å². The van der Waals surface area contributed by atoms with E-state index in [9.17, 15) is 4.79 Å². The molecule has 0 aliphatic carbocycles. The molecule has 1 heterocycles. The number of rotatable bonds is 2. The van der Waals surface area contributed by atoms with Gasteiger partial charge < -0.3 is 0 Å². The summed E-state index contributed by atoms with van der Waals surface area (Å²) in [7, 11) is 0. The number of amides is 1. The molecule has 1 amide bonds. The average Bonchev–Trinajstić information content (AvgIpc) is 2.43. The number of nitrogens with one attached hydrogen (secondary N) is 1. The zero-order valence-corrected chi connectivity index (χ0v) is 9.92. The highest BCUT2D eigenvalue weighted by atomic mass is 79.9. The van der Waals surface area contributed by atoms with Crippen LogP contribution in [0.3, 0.4) is 0 Å². The minimum Gasteiger partial charge on any atom is -0.292 e. The molecule has 0 spiro atoms. The number of nitrogens with zero attached hydrogens (tertiary/aromatic N) is 2. The summed E-state index contributed by atoms with van der Waals surface area (Å²) in [5.74, 6) is 4.79. The summed E-state index contributed by atoms with van der Waals surface area (Å²) in [5.41, 5.74) is 3.88. The second kappa shape index (κ2) is 4.10. The van der Waals surface area contributed by atoms with Crippen molar-refractivity contribution in [2.45, 2.75) is 26.8 Å². The maximum atomic E-state index is 11.3. The second-order valence-corrected chi connectivity index (χ2v) is 3.91.